The van der Waals surface area contributed by atoms with Gasteiger partial charge in [0.2, 0.25) is 0 Å². The number of aromatic nitrogens is 2. The maximum Gasteiger partial charge on any atom is 0.117 e. The van der Waals surface area contributed by atoms with Gasteiger partial charge in [-0.1, -0.05) is 0 Å². The smallest absolute Gasteiger partial charge is 0.117 e. The van der Waals surface area contributed by atoms with E-state index in [0.717, 1.165) is 23.0 Å². The van der Waals surface area contributed by atoms with E-state index in [1.807, 2.05) is 18.5 Å². The van der Waals surface area contributed by atoms with Crippen molar-refractivity contribution in [3.8, 4) is 0 Å². The number of rotatable bonds is 4. The monoisotopic (exact) mass is 201 g/mol. The van der Waals surface area contributed by atoms with Gasteiger partial charge in [-0.05, 0) is 13.8 Å². The number of nitrogens with zero attached hydrogens (tertiary/aromatic N) is 2. The number of aryl methyl sites for hydroxylation is 2. The van der Waals surface area contributed by atoms with Crippen LogP contribution in [0.3, 0.4) is 0 Å². The largest absolute Gasteiger partial charge is 0.396 e. The lowest BCUT2D eigenvalue weighted by Gasteiger charge is -2.03. The summed E-state index contributed by atoms with van der Waals surface area (Å²) in [5.41, 5.74) is 7.43. The molecule has 13 heavy (non-hydrogen) atoms. The molecule has 0 fully saturated rings. The fourth-order valence-corrected chi connectivity index (χ4v) is 1.99. The minimum Gasteiger partial charge on any atom is -0.396 e. The van der Waals surface area contributed by atoms with Gasteiger partial charge in [0.05, 0.1) is 18.0 Å². The molecule has 0 saturated heterocycles. The number of aliphatic hydroxyl groups is 1. The van der Waals surface area contributed by atoms with Crippen LogP contribution in [0.25, 0.3) is 0 Å². The first-order valence-electron chi connectivity index (χ1n) is 4.27. The van der Waals surface area contributed by atoms with Crippen LogP contribution in [0.1, 0.15) is 12.6 Å². The van der Waals surface area contributed by atoms with Gasteiger partial charge in [0.1, 0.15) is 5.03 Å². The van der Waals surface area contributed by atoms with Crippen LogP contribution < -0.4 is 5.73 Å². The highest BCUT2D eigenvalue weighted by Crippen LogP contribution is 2.27. The van der Waals surface area contributed by atoms with Crippen LogP contribution in [-0.2, 0) is 6.54 Å². The number of nitrogen functional groups attached to an aromatic ring is 1. The zero-order valence-electron chi connectivity index (χ0n) is 7.95. The summed E-state index contributed by atoms with van der Waals surface area (Å²) in [4.78, 5) is 0. The third kappa shape index (κ3) is 2.16. The van der Waals surface area contributed by atoms with Crippen LogP contribution >= 0.6 is 11.8 Å². The molecule has 0 atom stereocenters. The summed E-state index contributed by atoms with van der Waals surface area (Å²) < 4.78 is 1.87. The first-order valence-corrected chi connectivity index (χ1v) is 5.25. The summed E-state index contributed by atoms with van der Waals surface area (Å²) in [5, 5.41) is 13.9. The molecule has 0 aliphatic heterocycles. The Morgan fingerprint density at radius 1 is 1.62 bits per heavy atom. The summed E-state index contributed by atoms with van der Waals surface area (Å²) in [5.74, 6) is 0.662. The summed E-state index contributed by atoms with van der Waals surface area (Å²) in [6, 6.07) is 0. The Labute approximate surface area is 82.1 Å². The van der Waals surface area contributed by atoms with E-state index < -0.39 is 0 Å². The Morgan fingerprint density at radius 2 is 2.31 bits per heavy atom. The molecule has 1 heterocycles. The Bertz CT molecular complexity index is 285. The molecule has 0 amide bonds. The Kier molecular flexibility index (Phi) is 3.62. The highest BCUT2D eigenvalue weighted by Gasteiger charge is 2.10. The van der Waals surface area contributed by atoms with E-state index in [0.29, 0.717) is 5.75 Å². The summed E-state index contributed by atoms with van der Waals surface area (Å²) in [6.45, 7) is 4.89. The zero-order valence-corrected chi connectivity index (χ0v) is 8.77. The molecular weight excluding hydrogens is 186 g/mol. The SMILES string of the molecule is CCn1nc(C)c(N)c1SCCO. The molecule has 0 radical (unpaired) electrons. The van der Waals surface area contributed by atoms with Gasteiger partial charge >= 0.3 is 0 Å². The standard InChI is InChI=1S/C8H15N3OS/c1-3-11-8(13-5-4-12)7(9)6(2)10-11/h12H,3-5,9H2,1-2H3. The van der Waals surface area contributed by atoms with Crippen LogP contribution in [-0.4, -0.2) is 27.2 Å². The van der Waals surface area contributed by atoms with Crippen molar-refractivity contribution in [1.29, 1.82) is 0 Å². The average Bonchev–Trinajstić information content (AvgIpc) is 2.40. The van der Waals surface area contributed by atoms with E-state index in [-0.39, 0.29) is 6.61 Å². The second-order valence-electron chi connectivity index (χ2n) is 2.69. The number of anilines is 1. The molecule has 3 N–H and O–H groups in total. The van der Waals surface area contributed by atoms with Gasteiger partial charge in [0.15, 0.2) is 0 Å². The minimum absolute atomic E-state index is 0.165. The van der Waals surface area contributed by atoms with E-state index in [4.69, 9.17) is 10.8 Å². The molecule has 0 unspecified atom stereocenters. The van der Waals surface area contributed by atoms with Gasteiger partial charge in [-0.25, -0.2) is 0 Å². The number of aliphatic hydroxyl groups excluding tert-OH is 1. The van der Waals surface area contributed by atoms with Crippen molar-refractivity contribution in [3.63, 3.8) is 0 Å². The lowest BCUT2D eigenvalue weighted by molar-refractivity contribution is 0.322. The predicted octanol–water partition coefficient (Wildman–Crippen LogP) is 0.878. The number of thioether (sulfide) groups is 1. The predicted molar refractivity (Wildman–Crippen MR) is 54.9 cm³/mol. The van der Waals surface area contributed by atoms with Crippen molar-refractivity contribution in [2.75, 3.05) is 18.1 Å². The second-order valence-corrected chi connectivity index (χ2v) is 3.78. The maximum absolute atomic E-state index is 8.70. The molecular formula is C8H15N3OS. The van der Waals surface area contributed by atoms with Gasteiger partial charge in [0, 0.05) is 12.3 Å². The van der Waals surface area contributed by atoms with E-state index in [9.17, 15) is 0 Å². The van der Waals surface area contributed by atoms with Gasteiger partial charge in [-0.3, -0.25) is 4.68 Å². The highest BCUT2D eigenvalue weighted by atomic mass is 32.2. The number of hydrogen-bond acceptors (Lipinski definition) is 4. The van der Waals surface area contributed by atoms with Crippen molar-refractivity contribution < 1.29 is 5.11 Å². The van der Waals surface area contributed by atoms with Gasteiger partial charge in [-0.15, -0.1) is 11.8 Å². The second kappa shape index (κ2) is 4.53. The third-order valence-corrected chi connectivity index (χ3v) is 2.85. The van der Waals surface area contributed by atoms with E-state index in [1.54, 1.807) is 11.8 Å². The average molecular weight is 201 g/mol. The van der Waals surface area contributed by atoms with E-state index in [2.05, 4.69) is 5.10 Å². The highest BCUT2D eigenvalue weighted by molar-refractivity contribution is 7.99. The molecule has 5 heteroatoms. The molecule has 0 aliphatic rings. The fraction of sp³-hybridized carbons (Fsp3) is 0.625. The third-order valence-electron chi connectivity index (χ3n) is 1.75. The van der Waals surface area contributed by atoms with Crippen LogP contribution in [0.15, 0.2) is 5.03 Å². The lowest BCUT2D eigenvalue weighted by Crippen LogP contribution is -2.00. The van der Waals surface area contributed by atoms with Gasteiger partial charge < -0.3 is 10.8 Å². The first-order chi connectivity index (χ1) is 6.20. The quantitative estimate of drug-likeness (QED) is 0.710. The summed E-state index contributed by atoms with van der Waals surface area (Å²) >= 11 is 1.54. The van der Waals surface area contributed by atoms with Gasteiger partial charge in [0.25, 0.3) is 0 Å². The molecule has 1 aromatic heterocycles. The molecule has 0 saturated carbocycles. The Hall–Kier alpha value is -0.680. The van der Waals surface area contributed by atoms with Crippen molar-refractivity contribution in [2.45, 2.75) is 25.4 Å². The van der Waals surface area contributed by atoms with Crippen molar-refractivity contribution in [1.82, 2.24) is 9.78 Å². The molecule has 0 bridgehead atoms. The van der Waals surface area contributed by atoms with Crippen molar-refractivity contribution >= 4 is 17.4 Å². The number of nitrogens with two attached hydrogens (primary N) is 1. The van der Waals surface area contributed by atoms with E-state index >= 15 is 0 Å². The first kappa shape index (κ1) is 10.4. The van der Waals surface area contributed by atoms with E-state index in [1.165, 1.54) is 0 Å². The lowest BCUT2D eigenvalue weighted by atomic mass is 10.4. The minimum atomic E-state index is 0.165. The van der Waals surface area contributed by atoms with Crippen LogP contribution in [0, 0.1) is 6.92 Å². The molecule has 1 aromatic rings. The fourth-order valence-electron chi connectivity index (χ4n) is 1.08. The van der Waals surface area contributed by atoms with Crippen LogP contribution in [0.5, 0.6) is 0 Å². The molecule has 1 rings (SSSR count). The van der Waals surface area contributed by atoms with Crippen LogP contribution in [0.2, 0.25) is 0 Å². The van der Waals surface area contributed by atoms with Gasteiger partial charge in [-0.2, -0.15) is 5.10 Å². The molecule has 74 valence electrons. The normalized spacial score (nSPS) is 10.7. The summed E-state index contributed by atoms with van der Waals surface area (Å²) in [6.07, 6.45) is 0. The molecule has 4 nitrogen and oxygen atoms in total. The Morgan fingerprint density at radius 3 is 2.85 bits per heavy atom. The molecule has 0 spiro atoms. The Balaban J connectivity index is 2.88. The molecule has 0 aromatic carbocycles. The maximum atomic E-state index is 8.70. The topological polar surface area (TPSA) is 64.1 Å². The van der Waals surface area contributed by atoms with Crippen molar-refractivity contribution in [2.24, 2.45) is 0 Å². The van der Waals surface area contributed by atoms with Crippen molar-refractivity contribution in [3.05, 3.63) is 5.69 Å². The van der Waals surface area contributed by atoms with Crippen LogP contribution in [0.4, 0.5) is 5.69 Å². The molecule has 0 aliphatic carbocycles. The summed E-state index contributed by atoms with van der Waals surface area (Å²) in [7, 11) is 0. The number of hydrogen-bond donors (Lipinski definition) is 2. The zero-order chi connectivity index (χ0) is 9.84.